The molecule has 8 aliphatic rings. The molecule has 1 saturated carbocycles. The molecule has 2 aliphatic carbocycles. The standard InChI is InChI=1S/C50H74O14/c1-27-13-12-16-34-26-57-47-42(51)30(4)21-37(50(34,47)54)48(53)60-36-22-35(63-49(25-36)20-19-29(3)45(64-49)33-14-10-9-11-15-33)18-17-28(2)44(27)61-41-24-39(56-8)46(32(6)59-41)62-40-23-38(55-7)43(52)31(5)58-40/h12-13,16-17,19-21,27,29,31-33,35-47,51-52,54H,9-11,14-15,18,22-26H2,1-8H3/t27-,29-,31-,32-,35+,36-,37-,38-,39-,40-,41-,42+,43-,44?,45-,46-,47+,49+,50+/m0/s1. The Morgan fingerprint density at radius 2 is 1.53 bits per heavy atom. The predicted molar refractivity (Wildman–Crippen MR) is 234 cm³/mol. The molecule has 0 aromatic heterocycles. The van der Waals surface area contributed by atoms with Gasteiger partial charge in [0.2, 0.25) is 0 Å². The van der Waals surface area contributed by atoms with E-state index in [-0.39, 0.29) is 36.8 Å². The molecule has 0 radical (unpaired) electrons. The Balaban J connectivity index is 1.08. The zero-order valence-corrected chi connectivity index (χ0v) is 39.0. The molecule has 8 rings (SSSR count). The Morgan fingerprint density at radius 1 is 0.812 bits per heavy atom. The van der Waals surface area contributed by atoms with Crippen LogP contribution >= 0.6 is 0 Å². The molecule has 64 heavy (non-hydrogen) atoms. The van der Waals surface area contributed by atoms with Crippen LogP contribution < -0.4 is 0 Å². The number of rotatable bonds is 7. The molecule has 6 aliphatic heterocycles. The fourth-order valence-corrected chi connectivity index (χ4v) is 11.7. The Kier molecular flexibility index (Phi) is 15.1. The number of fused-ring (bicyclic) bond motifs is 2. The third kappa shape index (κ3) is 9.82. The molecule has 6 heterocycles. The molecule has 14 nitrogen and oxygen atoms in total. The number of aliphatic hydroxyl groups excluding tert-OH is 2. The summed E-state index contributed by atoms with van der Waals surface area (Å²) in [5, 5.41) is 34.3. The number of carbonyl (C=O) groups is 1. The molecule has 14 heteroatoms. The minimum atomic E-state index is -1.83. The van der Waals surface area contributed by atoms with Crippen molar-refractivity contribution in [3.05, 3.63) is 59.3 Å². The lowest BCUT2D eigenvalue weighted by molar-refractivity contribution is -0.318. The molecule has 1 spiro atoms. The summed E-state index contributed by atoms with van der Waals surface area (Å²) in [6.45, 7) is 11.9. The average molecular weight is 899 g/mol. The molecule has 0 aromatic rings. The van der Waals surface area contributed by atoms with Crippen molar-refractivity contribution in [1.29, 1.82) is 0 Å². The van der Waals surface area contributed by atoms with E-state index in [9.17, 15) is 20.1 Å². The Labute approximate surface area is 379 Å². The number of hydrogen-bond donors (Lipinski definition) is 3. The maximum absolute atomic E-state index is 14.4. The summed E-state index contributed by atoms with van der Waals surface area (Å²) in [4.78, 5) is 14.4. The molecule has 19 atom stereocenters. The van der Waals surface area contributed by atoms with Gasteiger partial charge in [0.05, 0.1) is 49.3 Å². The number of hydrogen-bond acceptors (Lipinski definition) is 14. The summed E-state index contributed by atoms with van der Waals surface area (Å²) in [6.07, 6.45) is 13.8. The second kappa shape index (κ2) is 20.1. The molecular weight excluding hydrogens is 825 g/mol. The molecule has 0 aromatic carbocycles. The van der Waals surface area contributed by atoms with Crippen LogP contribution in [0.5, 0.6) is 0 Å². The largest absolute Gasteiger partial charge is 0.462 e. The first-order valence-electron chi connectivity index (χ1n) is 24.0. The maximum atomic E-state index is 14.4. The van der Waals surface area contributed by atoms with Gasteiger partial charge in [0.1, 0.15) is 42.0 Å². The van der Waals surface area contributed by atoms with E-state index in [1.54, 1.807) is 40.2 Å². The molecule has 4 saturated heterocycles. The van der Waals surface area contributed by atoms with Crippen LogP contribution in [0.4, 0.5) is 0 Å². The van der Waals surface area contributed by atoms with Gasteiger partial charge in [-0.3, -0.25) is 4.79 Å². The topological polar surface area (TPSA) is 170 Å². The van der Waals surface area contributed by atoms with Gasteiger partial charge in [0.25, 0.3) is 0 Å². The number of allylic oxidation sites excluding steroid dienone is 2. The van der Waals surface area contributed by atoms with E-state index in [4.69, 9.17) is 47.4 Å². The summed E-state index contributed by atoms with van der Waals surface area (Å²) in [7, 11) is 3.23. The Bertz CT molecular complexity index is 1790. The van der Waals surface area contributed by atoms with Crippen LogP contribution in [0.15, 0.2) is 59.3 Å². The molecule has 3 N–H and O–H groups in total. The summed E-state index contributed by atoms with van der Waals surface area (Å²) in [5.74, 6) is -2.32. The highest BCUT2D eigenvalue weighted by molar-refractivity contribution is 5.78. The third-order valence-electron chi connectivity index (χ3n) is 15.4. The maximum Gasteiger partial charge on any atom is 0.316 e. The SMILES string of the molecule is CO[C@H]1C[C@H](O[C@H]2[C@H](C)O[C@@H](OC3C(C)=CC[C@@H]4C[C@@H](C[C@]5(C=C[C@H](C)[C@@H](C6CCCCC6)O5)O4)OC(=O)[C@@H]4C=C(C)[C@@H](O)[C@H]5OCC(=CC=C[C@@H]3C)[C@]54O)C[C@@H]2OC)O[C@@H](C)[C@@H]1O. The molecule has 0 amide bonds. The highest BCUT2D eigenvalue weighted by Crippen LogP contribution is 2.48. The second-order valence-electron chi connectivity index (χ2n) is 20.0. The van der Waals surface area contributed by atoms with Crippen LogP contribution in [0.2, 0.25) is 0 Å². The Hall–Kier alpha value is -2.31. The molecule has 5 fully saturated rings. The van der Waals surface area contributed by atoms with Crippen LogP contribution in [0.3, 0.4) is 0 Å². The minimum absolute atomic E-state index is 0.0242. The van der Waals surface area contributed by atoms with Gasteiger partial charge in [-0.1, -0.05) is 69.6 Å². The van der Waals surface area contributed by atoms with E-state index in [2.05, 4.69) is 32.9 Å². The Morgan fingerprint density at radius 3 is 2.28 bits per heavy atom. The van der Waals surface area contributed by atoms with Gasteiger partial charge in [-0.05, 0) is 75.7 Å². The van der Waals surface area contributed by atoms with Crippen LogP contribution in [0.25, 0.3) is 0 Å². The van der Waals surface area contributed by atoms with Gasteiger partial charge in [-0.15, -0.1) is 0 Å². The van der Waals surface area contributed by atoms with Crippen molar-refractivity contribution in [3.8, 4) is 0 Å². The minimum Gasteiger partial charge on any atom is -0.462 e. The second-order valence-corrected chi connectivity index (χ2v) is 20.0. The van der Waals surface area contributed by atoms with E-state index < -0.39 is 90.8 Å². The fourth-order valence-electron chi connectivity index (χ4n) is 11.7. The van der Waals surface area contributed by atoms with E-state index in [1.807, 2.05) is 25.2 Å². The van der Waals surface area contributed by atoms with E-state index in [0.717, 1.165) is 18.4 Å². The van der Waals surface area contributed by atoms with Crippen molar-refractivity contribution in [2.24, 2.45) is 23.7 Å². The van der Waals surface area contributed by atoms with Crippen molar-refractivity contribution in [3.63, 3.8) is 0 Å². The first-order chi connectivity index (χ1) is 30.6. The van der Waals surface area contributed by atoms with Gasteiger partial charge in [0.15, 0.2) is 18.4 Å². The highest BCUT2D eigenvalue weighted by Gasteiger charge is 2.60. The van der Waals surface area contributed by atoms with Crippen LogP contribution in [-0.2, 0) is 52.2 Å². The zero-order valence-electron chi connectivity index (χ0n) is 39.0. The lowest BCUT2D eigenvalue weighted by Crippen LogP contribution is -2.58. The first-order valence-corrected chi connectivity index (χ1v) is 24.0. The van der Waals surface area contributed by atoms with E-state index in [0.29, 0.717) is 49.2 Å². The van der Waals surface area contributed by atoms with Gasteiger partial charge in [-0.2, -0.15) is 0 Å². The van der Waals surface area contributed by atoms with Gasteiger partial charge >= 0.3 is 5.97 Å². The number of ether oxygens (including phenoxy) is 10. The predicted octanol–water partition coefficient (Wildman–Crippen LogP) is 5.91. The van der Waals surface area contributed by atoms with Crippen LogP contribution in [0, 0.1) is 23.7 Å². The number of carbonyl (C=O) groups excluding carboxylic acids is 1. The smallest absolute Gasteiger partial charge is 0.316 e. The van der Waals surface area contributed by atoms with Crippen LogP contribution in [-0.4, -0.2) is 139 Å². The lowest BCUT2D eigenvalue weighted by Gasteiger charge is -2.49. The summed E-state index contributed by atoms with van der Waals surface area (Å²) >= 11 is 0. The van der Waals surface area contributed by atoms with Crippen molar-refractivity contribution in [1.82, 2.24) is 0 Å². The molecular formula is C50H74O14. The summed E-state index contributed by atoms with van der Waals surface area (Å²) < 4.78 is 64.1. The van der Waals surface area contributed by atoms with Crippen molar-refractivity contribution in [2.75, 3.05) is 20.8 Å². The normalized spacial score (nSPS) is 47.1. The zero-order chi connectivity index (χ0) is 45.5. The summed E-state index contributed by atoms with van der Waals surface area (Å²) in [6, 6.07) is 0. The van der Waals surface area contributed by atoms with Gasteiger partial charge < -0.3 is 62.7 Å². The van der Waals surface area contributed by atoms with Crippen molar-refractivity contribution >= 4 is 5.97 Å². The third-order valence-corrected chi connectivity index (χ3v) is 15.4. The number of aliphatic hydroxyl groups is 3. The highest BCUT2D eigenvalue weighted by atomic mass is 16.7. The monoisotopic (exact) mass is 899 g/mol. The van der Waals surface area contributed by atoms with Gasteiger partial charge in [-0.25, -0.2) is 0 Å². The van der Waals surface area contributed by atoms with Crippen LogP contribution in [0.1, 0.15) is 106 Å². The molecule has 358 valence electrons. The average Bonchev–Trinajstić information content (AvgIpc) is 3.62. The molecule has 1 unspecified atom stereocenters. The summed E-state index contributed by atoms with van der Waals surface area (Å²) in [5.41, 5.74) is 0.166. The number of methoxy groups -OCH3 is 2. The van der Waals surface area contributed by atoms with E-state index in [1.165, 1.54) is 19.3 Å². The van der Waals surface area contributed by atoms with Crippen molar-refractivity contribution in [2.45, 2.75) is 203 Å². The quantitative estimate of drug-likeness (QED) is 0.204. The lowest BCUT2D eigenvalue weighted by atomic mass is 9.71. The first kappa shape index (κ1) is 48.2. The molecule has 2 bridgehead atoms. The van der Waals surface area contributed by atoms with E-state index >= 15 is 0 Å². The van der Waals surface area contributed by atoms with Gasteiger partial charge in [0, 0.05) is 51.7 Å². The fraction of sp³-hybridized carbons (Fsp3) is 0.780. The van der Waals surface area contributed by atoms with Crippen molar-refractivity contribution < 1.29 is 67.5 Å². The number of esters is 1.